The number of methoxy groups -OCH3 is 1. The molecule has 0 atom stereocenters. The number of hydrogen-bond acceptors (Lipinski definition) is 3. The highest BCUT2D eigenvalue weighted by molar-refractivity contribution is 5.68. The molecule has 3 nitrogen and oxygen atoms in total. The number of nitrogens with one attached hydrogen (secondary N) is 1. The predicted molar refractivity (Wildman–Crippen MR) is 72.4 cm³/mol. The van der Waals surface area contributed by atoms with Crippen LogP contribution in [0.4, 0.5) is 24.5 Å². The summed E-state index contributed by atoms with van der Waals surface area (Å²) in [6, 6.07) is 11.4. The van der Waals surface area contributed by atoms with E-state index in [4.69, 9.17) is 10.00 Å². The Morgan fingerprint density at radius 1 is 1.10 bits per heavy atom. The summed E-state index contributed by atoms with van der Waals surface area (Å²) in [5.74, 6) is 0.545. The maximum absolute atomic E-state index is 12.5. The molecule has 0 aliphatic heterocycles. The van der Waals surface area contributed by atoms with Crippen LogP contribution in [0.25, 0.3) is 0 Å². The third-order valence-electron chi connectivity index (χ3n) is 2.84. The molecule has 0 unspecified atom stereocenters. The normalized spacial score (nSPS) is 10.8. The van der Waals surface area contributed by atoms with Gasteiger partial charge in [0.25, 0.3) is 0 Å². The molecule has 0 bridgehead atoms. The lowest BCUT2D eigenvalue weighted by Crippen LogP contribution is -2.04. The van der Waals surface area contributed by atoms with Crippen molar-refractivity contribution in [2.24, 2.45) is 0 Å². The van der Waals surface area contributed by atoms with Crippen molar-refractivity contribution >= 4 is 11.4 Å². The first-order chi connectivity index (χ1) is 9.94. The Labute approximate surface area is 119 Å². The first-order valence-electron chi connectivity index (χ1n) is 5.96. The van der Waals surface area contributed by atoms with E-state index in [0.29, 0.717) is 22.7 Å². The molecule has 0 aliphatic carbocycles. The molecule has 21 heavy (non-hydrogen) atoms. The van der Waals surface area contributed by atoms with Gasteiger partial charge in [-0.3, -0.25) is 0 Å². The van der Waals surface area contributed by atoms with E-state index in [1.165, 1.54) is 19.2 Å². The summed E-state index contributed by atoms with van der Waals surface area (Å²) >= 11 is 0. The van der Waals surface area contributed by atoms with E-state index in [9.17, 15) is 13.2 Å². The van der Waals surface area contributed by atoms with Crippen molar-refractivity contribution < 1.29 is 17.9 Å². The van der Waals surface area contributed by atoms with Gasteiger partial charge in [0.2, 0.25) is 0 Å². The summed E-state index contributed by atoms with van der Waals surface area (Å²) in [5.41, 5.74) is 0.569. The van der Waals surface area contributed by atoms with Crippen LogP contribution >= 0.6 is 0 Å². The Balaban J connectivity index is 2.28. The fourth-order valence-corrected chi connectivity index (χ4v) is 1.75. The second kappa shape index (κ2) is 5.75. The van der Waals surface area contributed by atoms with E-state index >= 15 is 0 Å². The smallest absolute Gasteiger partial charge is 0.416 e. The fraction of sp³-hybridized carbons (Fsp3) is 0.133. The van der Waals surface area contributed by atoms with Gasteiger partial charge >= 0.3 is 6.18 Å². The first kappa shape index (κ1) is 14.7. The number of rotatable bonds is 3. The molecule has 2 rings (SSSR count). The molecule has 108 valence electrons. The molecule has 0 saturated carbocycles. The number of hydrogen-bond donors (Lipinski definition) is 1. The van der Waals surface area contributed by atoms with Gasteiger partial charge in [-0.15, -0.1) is 0 Å². The van der Waals surface area contributed by atoms with Crippen LogP contribution in [0.15, 0.2) is 42.5 Å². The molecule has 0 fully saturated rings. The monoisotopic (exact) mass is 292 g/mol. The van der Waals surface area contributed by atoms with Gasteiger partial charge in [-0.25, -0.2) is 0 Å². The highest BCUT2D eigenvalue weighted by Gasteiger charge is 2.29. The van der Waals surface area contributed by atoms with Crippen LogP contribution in [0, 0.1) is 11.3 Å². The van der Waals surface area contributed by atoms with Gasteiger partial charge in [-0.2, -0.15) is 18.4 Å². The van der Waals surface area contributed by atoms with Gasteiger partial charge < -0.3 is 10.1 Å². The minimum atomic E-state index is -4.37. The molecule has 0 heterocycles. The summed E-state index contributed by atoms with van der Waals surface area (Å²) < 4.78 is 42.5. The zero-order chi connectivity index (χ0) is 15.5. The number of halogens is 3. The first-order valence-corrected chi connectivity index (χ1v) is 5.96. The SMILES string of the molecule is COc1ccc(C#N)c(Nc2ccc(C(F)(F)F)cc2)c1. The zero-order valence-corrected chi connectivity index (χ0v) is 11.0. The topological polar surface area (TPSA) is 45.0 Å². The van der Waals surface area contributed by atoms with Crippen molar-refractivity contribution in [1.82, 2.24) is 0 Å². The molecule has 2 aromatic carbocycles. The van der Waals surface area contributed by atoms with Crippen molar-refractivity contribution in [3.63, 3.8) is 0 Å². The van der Waals surface area contributed by atoms with Crippen LogP contribution in [0.2, 0.25) is 0 Å². The van der Waals surface area contributed by atoms with Crippen LogP contribution in [-0.2, 0) is 6.18 Å². The van der Waals surface area contributed by atoms with Gasteiger partial charge in [0, 0.05) is 11.8 Å². The zero-order valence-electron chi connectivity index (χ0n) is 11.0. The van der Waals surface area contributed by atoms with Gasteiger partial charge in [-0.05, 0) is 36.4 Å². The second-order valence-electron chi connectivity index (χ2n) is 4.22. The summed E-state index contributed by atoms with van der Waals surface area (Å²) in [5, 5.41) is 11.9. The highest BCUT2D eigenvalue weighted by atomic mass is 19.4. The largest absolute Gasteiger partial charge is 0.497 e. The van der Waals surface area contributed by atoms with Crippen LogP contribution in [-0.4, -0.2) is 7.11 Å². The van der Waals surface area contributed by atoms with E-state index in [0.717, 1.165) is 12.1 Å². The molecule has 6 heteroatoms. The van der Waals surface area contributed by atoms with E-state index in [-0.39, 0.29) is 0 Å². The molecule has 1 N–H and O–H groups in total. The van der Waals surface area contributed by atoms with E-state index < -0.39 is 11.7 Å². The van der Waals surface area contributed by atoms with Crippen molar-refractivity contribution in [3.8, 4) is 11.8 Å². The Hall–Kier alpha value is -2.68. The molecule has 0 amide bonds. The standard InChI is InChI=1S/C15H11F3N2O/c1-21-13-7-2-10(9-19)14(8-13)20-12-5-3-11(4-6-12)15(16,17)18/h2-8,20H,1H3. The fourth-order valence-electron chi connectivity index (χ4n) is 1.75. The average Bonchev–Trinajstić information content (AvgIpc) is 2.46. The third-order valence-corrected chi connectivity index (χ3v) is 2.84. The number of nitrogens with zero attached hydrogens (tertiary/aromatic N) is 1. The number of ether oxygens (including phenoxy) is 1. The van der Waals surface area contributed by atoms with Gasteiger partial charge in [-0.1, -0.05) is 0 Å². The Bertz CT molecular complexity index is 673. The van der Waals surface area contributed by atoms with E-state index in [2.05, 4.69) is 5.32 Å². The molecule has 2 aromatic rings. The average molecular weight is 292 g/mol. The maximum Gasteiger partial charge on any atom is 0.416 e. The van der Waals surface area contributed by atoms with Gasteiger partial charge in [0.15, 0.2) is 0 Å². The molecule has 0 saturated heterocycles. The molecule has 0 aromatic heterocycles. The Morgan fingerprint density at radius 2 is 1.76 bits per heavy atom. The highest BCUT2D eigenvalue weighted by Crippen LogP contribution is 2.31. The Morgan fingerprint density at radius 3 is 2.29 bits per heavy atom. The number of anilines is 2. The van der Waals surface area contributed by atoms with E-state index in [1.54, 1.807) is 18.2 Å². The number of nitriles is 1. The minimum absolute atomic E-state index is 0.371. The molecule has 0 radical (unpaired) electrons. The van der Waals surface area contributed by atoms with Gasteiger partial charge in [0.05, 0.1) is 23.9 Å². The molecule has 0 aliphatic rings. The number of benzene rings is 2. The second-order valence-corrected chi connectivity index (χ2v) is 4.22. The maximum atomic E-state index is 12.5. The summed E-state index contributed by atoms with van der Waals surface area (Å²) in [7, 11) is 1.49. The van der Waals surface area contributed by atoms with Crippen LogP contribution in [0.5, 0.6) is 5.75 Å². The van der Waals surface area contributed by atoms with Crippen molar-refractivity contribution in [2.45, 2.75) is 6.18 Å². The van der Waals surface area contributed by atoms with Crippen molar-refractivity contribution in [1.29, 1.82) is 5.26 Å². The van der Waals surface area contributed by atoms with Crippen molar-refractivity contribution in [2.75, 3.05) is 12.4 Å². The summed E-state index contributed by atoms with van der Waals surface area (Å²) in [4.78, 5) is 0. The predicted octanol–water partition coefficient (Wildman–Crippen LogP) is 4.33. The minimum Gasteiger partial charge on any atom is -0.497 e. The molecular formula is C15H11F3N2O. The van der Waals surface area contributed by atoms with Crippen LogP contribution in [0.3, 0.4) is 0 Å². The third kappa shape index (κ3) is 3.45. The lowest BCUT2D eigenvalue weighted by molar-refractivity contribution is -0.137. The molecular weight excluding hydrogens is 281 g/mol. The summed E-state index contributed by atoms with van der Waals surface area (Å²) in [6.07, 6.45) is -4.37. The van der Waals surface area contributed by atoms with Crippen molar-refractivity contribution in [3.05, 3.63) is 53.6 Å². The lowest BCUT2D eigenvalue weighted by Gasteiger charge is -2.11. The quantitative estimate of drug-likeness (QED) is 0.915. The Kier molecular flexibility index (Phi) is 4.03. The lowest BCUT2D eigenvalue weighted by atomic mass is 10.1. The van der Waals surface area contributed by atoms with Crippen LogP contribution in [0.1, 0.15) is 11.1 Å². The van der Waals surface area contributed by atoms with E-state index in [1.807, 2.05) is 6.07 Å². The number of alkyl halides is 3. The van der Waals surface area contributed by atoms with Gasteiger partial charge in [0.1, 0.15) is 11.8 Å². The molecule has 0 spiro atoms. The van der Waals surface area contributed by atoms with Crippen LogP contribution < -0.4 is 10.1 Å². The summed E-state index contributed by atoms with van der Waals surface area (Å²) in [6.45, 7) is 0.